The van der Waals surface area contributed by atoms with Gasteiger partial charge in [0.2, 0.25) is 11.8 Å². The first-order valence-electron chi connectivity index (χ1n) is 6.05. The fourth-order valence-corrected chi connectivity index (χ4v) is 2.20. The van der Waals surface area contributed by atoms with Crippen LogP contribution in [0.1, 0.15) is 34.1 Å². The lowest BCUT2D eigenvalue weighted by molar-refractivity contribution is -0.138. The highest BCUT2D eigenvalue weighted by Gasteiger charge is 2.36. The van der Waals surface area contributed by atoms with E-state index in [4.69, 9.17) is 5.73 Å². The van der Waals surface area contributed by atoms with Gasteiger partial charge in [-0.15, -0.1) is 12.4 Å². The van der Waals surface area contributed by atoms with E-state index < -0.39 is 6.04 Å². The van der Waals surface area contributed by atoms with Crippen molar-refractivity contribution in [1.29, 1.82) is 0 Å². The van der Waals surface area contributed by atoms with Gasteiger partial charge in [-0.05, 0) is 18.8 Å². The number of halogens is 1. The molecule has 106 valence electrons. The number of amides is 2. The van der Waals surface area contributed by atoms with E-state index in [1.54, 1.807) is 11.8 Å². The lowest BCUT2D eigenvalue weighted by Gasteiger charge is -2.43. The molecule has 1 fully saturated rings. The minimum Gasteiger partial charge on any atom is -0.345 e. The molecule has 1 rings (SSSR count). The topological polar surface area (TPSA) is 75.4 Å². The third-order valence-electron chi connectivity index (χ3n) is 3.41. The summed E-state index contributed by atoms with van der Waals surface area (Å²) in [6, 6.07) is -0.333. The molecule has 2 amide bonds. The van der Waals surface area contributed by atoms with Gasteiger partial charge in [0.1, 0.15) is 6.04 Å². The standard InChI is InChI=1S/C12H23N3O2.ClH/c1-8(14-9(2)16)11(17)15-6-5-10(13)12(3,4)7-15;/h8,10H,5-7,13H2,1-4H3,(H,14,16);1H. The number of hydrogen-bond donors (Lipinski definition) is 2. The number of nitrogens with one attached hydrogen (secondary N) is 1. The summed E-state index contributed by atoms with van der Waals surface area (Å²) in [6.45, 7) is 8.59. The molecule has 6 heteroatoms. The molecule has 2 unspecified atom stereocenters. The molecule has 1 aliphatic heterocycles. The molecule has 3 N–H and O–H groups in total. The van der Waals surface area contributed by atoms with Crippen molar-refractivity contribution < 1.29 is 9.59 Å². The average molecular weight is 278 g/mol. The number of hydrogen-bond acceptors (Lipinski definition) is 3. The molecule has 1 aliphatic rings. The summed E-state index contributed by atoms with van der Waals surface area (Å²) in [4.78, 5) is 24.8. The van der Waals surface area contributed by atoms with Crippen LogP contribution in [-0.4, -0.2) is 41.9 Å². The fraction of sp³-hybridized carbons (Fsp3) is 0.833. The average Bonchev–Trinajstić information content (AvgIpc) is 2.20. The van der Waals surface area contributed by atoms with E-state index in [1.165, 1.54) is 6.92 Å². The number of piperidine rings is 1. The highest BCUT2D eigenvalue weighted by atomic mass is 35.5. The Bertz CT molecular complexity index is 320. The molecule has 0 aromatic carbocycles. The number of carbonyl (C=O) groups is 2. The predicted octanol–water partition coefficient (Wildman–Crippen LogP) is 0.519. The summed E-state index contributed by atoms with van der Waals surface area (Å²) < 4.78 is 0. The molecule has 0 aliphatic carbocycles. The first kappa shape index (κ1) is 17.2. The van der Waals surface area contributed by atoms with Crippen LogP contribution in [0.15, 0.2) is 0 Å². The molecule has 0 radical (unpaired) electrons. The Morgan fingerprint density at radius 2 is 2.00 bits per heavy atom. The Morgan fingerprint density at radius 3 is 2.44 bits per heavy atom. The van der Waals surface area contributed by atoms with E-state index in [-0.39, 0.29) is 35.7 Å². The second-order valence-corrected chi connectivity index (χ2v) is 5.57. The zero-order chi connectivity index (χ0) is 13.2. The molecule has 0 aromatic rings. The number of carbonyl (C=O) groups excluding carboxylic acids is 2. The Morgan fingerprint density at radius 1 is 1.44 bits per heavy atom. The molecule has 1 heterocycles. The number of nitrogens with two attached hydrogens (primary N) is 1. The van der Waals surface area contributed by atoms with Gasteiger partial charge in [-0.25, -0.2) is 0 Å². The Hall–Kier alpha value is -0.810. The second kappa shape index (κ2) is 6.38. The van der Waals surface area contributed by atoms with Crippen molar-refractivity contribution in [1.82, 2.24) is 10.2 Å². The van der Waals surface area contributed by atoms with Crippen LogP contribution < -0.4 is 11.1 Å². The fourth-order valence-electron chi connectivity index (χ4n) is 2.20. The van der Waals surface area contributed by atoms with E-state index in [9.17, 15) is 9.59 Å². The van der Waals surface area contributed by atoms with Gasteiger partial charge in [0, 0.05) is 26.1 Å². The van der Waals surface area contributed by atoms with Crippen molar-refractivity contribution in [2.75, 3.05) is 13.1 Å². The molecular weight excluding hydrogens is 254 g/mol. The maximum Gasteiger partial charge on any atom is 0.244 e. The summed E-state index contributed by atoms with van der Waals surface area (Å²) in [5.41, 5.74) is 5.96. The van der Waals surface area contributed by atoms with Crippen molar-refractivity contribution in [3.63, 3.8) is 0 Å². The second-order valence-electron chi connectivity index (χ2n) is 5.57. The van der Waals surface area contributed by atoms with Crippen molar-refractivity contribution in [3.8, 4) is 0 Å². The van der Waals surface area contributed by atoms with Gasteiger partial charge < -0.3 is 16.0 Å². The summed E-state index contributed by atoms with van der Waals surface area (Å²) in [5.74, 6) is -0.209. The van der Waals surface area contributed by atoms with Crippen molar-refractivity contribution in [2.24, 2.45) is 11.1 Å². The Balaban J connectivity index is 0.00000289. The summed E-state index contributed by atoms with van der Waals surface area (Å²) in [6.07, 6.45) is 0.811. The molecular formula is C12H24ClN3O2. The molecule has 18 heavy (non-hydrogen) atoms. The summed E-state index contributed by atoms with van der Waals surface area (Å²) in [7, 11) is 0. The molecule has 2 atom stereocenters. The third-order valence-corrected chi connectivity index (χ3v) is 3.41. The number of rotatable bonds is 2. The van der Waals surface area contributed by atoms with Crippen LogP contribution >= 0.6 is 12.4 Å². The monoisotopic (exact) mass is 277 g/mol. The van der Waals surface area contributed by atoms with Crippen LogP contribution in [0.5, 0.6) is 0 Å². The maximum atomic E-state index is 12.1. The van der Waals surface area contributed by atoms with Gasteiger partial charge in [-0.3, -0.25) is 9.59 Å². The van der Waals surface area contributed by atoms with E-state index in [0.29, 0.717) is 13.1 Å². The van der Waals surface area contributed by atoms with Gasteiger partial charge in [0.25, 0.3) is 0 Å². The largest absolute Gasteiger partial charge is 0.345 e. The maximum absolute atomic E-state index is 12.1. The van der Waals surface area contributed by atoms with E-state index in [1.807, 2.05) is 0 Å². The lowest BCUT2D eigenvalue weighted by atomic mass is 9.79. The highest BCUT2D eigenvalue weighted by Crippen LogP contribution is 2.27. The quantitative estimate of drug-likeness (QED) is 0.773. The van der Waals surface area contributed by atoms with E-state index in [2.05, 4.69) is 19.2 Å². The SMILES string of the molecule is CC(=O)NC(C)C(=O)N1CCC(N)C(C)(C)C1.Cl. The molecule has 0 spiro atoms. The lowest BCUT2D eigenvalue weighted by Crippen LogP contribution is -2.57. The van der Waals surface area contributed by atoms with Crippen LogP contribution in [0.2, 0.25) is 0 Å². The number of nitrogens with zero attached hydrogens (tertiary/aromatic N) is 1. The third kappa shape index (κ3) is 4.14. The number of likely N-dealkylation sites (tertiary alicyclic amines) is 1. The van der Waals surface area contributed by atoms with Gasteiger partial charge in [-0.2, -0.15) is 0 Å². The first-order valence-corrected chi connectivity index (χ1v) is 6.05. The van der Waals surface area contributed by atoms with E-state index >= 15 is 0 Å². The van der Waals surface area contributed by atoms with Crippen LogP contribution in [0, 0.1) is 5.41 Å². The molecule has 5 nitrogen and oxygen atoms in total. The normalized spacial score (nSPS) is 23.8. The minimum absolute atomic E-state index is 0. The summed E-state index contributed by atoms with van der Waals surface area (Å²) >= 11 is 0. The van der Waals surface area contributed by atoms with Gasteiger partial charge in [0.05, 0.1) is 0 Å². The first-order chi connectivity index (χ1) is 7.74. The van der Waals surface area contributed by atoms with Crippen molar-refractivity contribution >= 4 is 24.2 Å². The highest BCUT2D eigenvalue weighted by molar-refractivity contribution is 5.86. The smallest absolute Gasteiger partial charge is 0.244 e. The van der Waals surface area contributed by atoms with Crippen LogP contribution in [0.25, 0.3) is 0 Å². The molecule has 0 bridgehead atoms. The van der Waals surface area contributed by atoms with E-state index in [0.717, 1.165) is 6.42 Å². The molecule has 1 saturated heterocycles. The molecule has 0 saturated carbocycles. The minimum atomic E-state index is -0.461. The zero-order valence-corrected chi connectivity index (χ0v) is 12.3. The van der Waals surface area contributed by atoms with Crippen molar-refractivity contribution in [3.05, 3.63) is 0 Å². The summed E-state index contributed by atoms with van der Waals surface area (Å²) in [5, 5.41) is 2.62. The zero-order valence-electron chi connectivity index (χ0n) is 11.5. The van der Waals surface area contributed by atoms with Gasteiger partial charge in [0.15, 0.2) is 0 Å². The molecule has 0 aromatic heterocycles. The van der Waals surface area contributed by atoms with Crippen LogP contribution in [0.3, 0.4) is 0 Å². The van der Waals surface area contributed by atoms with Gasteiger partial charge >= 0.3 is 0 Å². The Labute approximate surface area is 115 Å². The predicted molar refractivity (Wildman–Crippen MR) is 73.5 cm³/mol. The van der Waals surface area contributed by atoms with Crippen LogP contribution in [0.4, 0.5) is 0 Å². The van der Waals surface area contributed by atoms with Crippen molar-refractivity contribution in [2.45, 2.75) is 46.2 Å². The van der Waals surface area contributed by atoms with Crippen LogP contribution in [-0.2, 0) is 9.59 Å². The Kier molecular flexibility index (Phi) is 6.10. The van der Waals surface area contributed by atoms with Gasteiger partial charge in [-0.1, -0.05) is 13.8 Å².